The molecule has 1 aliphatic rings. The normalized spacial score (nSPS) is 15.0. The highest BCUT2D eigenvalue weighted by molar-refractivity contribution is 5.97. The van der Waals surface area contributed by atoms with Crippen molar-refractivity contribution in [1.82, 2.24) is 4.90 Å². The van der Waals surface area contributed by atoms with Crippen molar-refractivity contribution in [2.75, 3.05) is 13.1 Å². The molecule has 3 rings (SSSR count). The highest BCUT2D eigenvalue weighted by atomic mass is 35.5. The van der Waals surface area contributed by atoms with Gasteiger partial charge in [0.1, 0.15) is 5.82 Å². The second kappa shape index (κ2) is 8.28. The second-order valence-corrected chi connectivity index (χ2v) is 6.17. The van der Waals surface area contributed by atoms with E-state index < -0.39 is 5.97 Å². The van der Waals surface area contributed by atoms with E-state index in [0.29, 0.717) is 25.1 Å². The fraction of sp³-hybridized carbons (Fsp3) is 0.250. The number of rotatable bonds is 4. The zero-order valence-corrected chi connectivity index (χ0v) is 14.9. The van der Waals surface area contributed by atoms with Crippen molar-refractivity contribution in [3.8, 4) is 0 Å². The molecule has 25 heavy (non-hydrogen) atoms. The standard InChI is InChI=1S/C20H20FNO2.ClH/c1-14-11-16(21)7-8-17(14)19-13-22(10-9-18(19)20(23)24)12-15-5-3-2-4-6-15;/h2-8,11H,9-10,12-13H2,1H3,(H,23,24);1H. The first-order chi connectivity index (χ1) is 11.5. The lowest BCUT2D eigenvalue weighted by molar-refractivity contribution is -0.132. The minimum atomic E-state index is -0.881. The molecule has 0 saturated heterocycles. The van der Waals surface area contributed by atoms with Crippen molar-refractivity contribution in [3.05, 3.63) is 76.6 Å². The number of carboxylic acids is 1. The number of hydrogen-bond donors (Lipinski definition) is 1. The molecule has 0 atom stereocenters. The van der Waals surface area contributed by atoms with E-state index >= 15 is 0 Å². The Balaban J connectivity index is 0.00000225. The molecule has 0 unspecified atom stereocenters. The monoisotopic (exact) mass is 361 g/mol. The van der Waals surface area contributed by atoms with Gasteiger partial charge in [0, 0.05) is 25.2 Å². The number of benzene rings is 2. The number of carbonyl (C=O) groups is 1. The summed E-state index contributed by atoms with van der Waals surface area (Å²) in [6, 6.07) is 14.7. The number of aliphatic carboxylic acids is 1. The minimum absolute atomic E-state index is 0. The molecule has 5 heteroatoms. The van der Waals surface area contributed by atoms with Crippen molar-refractivity contribution in [2.45, 2.75) is 19.9 Å². The molecule has 2 aromatic rings. The summed E-state index contributed by atoms with van der Waals surface area (Å²) in [6.07, 6.45) is 0.494. The Labute approximate surface area is 153 Å². The minimum Gasteiger partial charge on any atom is -0.478 e. The van der Waals surface area contributed by atoms with Crippen molar-refractivity contribution in [3.63, 3.8) is 0 Å². The van der Waals surface area contributed by atoms with Gasteiger partial charge in [-0.05, 0) is 47.7 Å². The van der Waals surface area contributed by atoms with Gasteiger partial charge in [-0.25, -0.2) is 9.18 Å². The van der Waals surface area contributed by atoms with Crippen LogP contribution in [0.3, 0.4) is 0 Å². The van der Waals surface area contributed by atoms with Crippen LogP contribution in [0.15, 0.2) is 54.1 Å². The predicted octanol–water partition coefficient (Wildman–Crippen LogP) is 4.30. The Bertz CT molecular complexity index is 790. The first-order valence-electron chi connectivity index (χ1n) is 8.02. The number of nitrogens with zero attached hydrogens (tertiary/aromatic N) is 1. The maximum absolute atomic E-state index is 13.4. The van der Waals surface area contributed by atoms with Crippen LogP contribution >= 0.6 is 12.4 Å². The molecular formula is C20H21ClFNO2. The van der Waals surface area contributed by atoms with Crippen LogP contribution in [-0.4, -0.2) is 29.1 Å². The molecule has 1 aliphatic heterocycles. The molecule has 0 saturated carbocycles. The van der Waals surface area contributed by atoms with Crippen LogP contribution in [0.25, 0.3) is 5.57 Å². The van der Waals surface area contributed by atoms with Crippen molar-refractivity contribution < 1.29 is 14.3 Å². The molecular weight excluding hydrogens is 341 g/mol. The molecule has 3 nitrogen and oxygen atoms in total. The third-order valence-electron chi connectivity index (χ3n) is 4.44. The maximum Gasteiger partial charge on any atom is 0.331 e. The van der Waals surface area contributed by atoms with Crippen LogP contribution in [0, 0.1) is 12.7 Å². The zero-order chi connectivity index (χ0) is 17.1. The van der Waals surface area contributed by atoms with Crippen LogP contribution in [-0.2, 0) is 11.3 Å². The fourth-order valence-corrected chi connectivity index (χ4v) is 3.24. The zero-order valence-electron chi connectivity index (χ0n) is 14.0. The van der Waals surface area contributed by atoms with Gasteiger partial charge in [0.05, 0.1) is 0 Å². The summed E-state index contributed by atoms with van der Waals surface area (Å²) in [4.78, 5) is 13.9. The van der Waals surface area contributed by atoms with E-state index in [1.54, 1.807) is 6.07 Å². The molecule has 0 aromatic heterocycles. The Morgan fingerprint density at radius 3 is 2.56 bits per heavy atom. The van der Waals surface area contributed by atoms with Gasteiger partial charge >= 0.3 is 5.97 Å². The first kappa shape index (κ1) is 19.2. The maximum atomic E-state index is 13.4. The average molecular weight is 362 g/mol. The summed E-state index contributed by atoms with van der Waals surface area (Å²) in [5, 5.41) is 9.54. The van der Waals surface area contributed by atoms with E-state index in [4.69, 9.17) is 0 Å². The summed E-state index contributed by atoms with van der Waals surface area (Å²) < 4.78 is 13.4. The molecule has 132 valence electrons. The van der Waals surface area contributed by atoms with Gasteiger partial charge in [-0.1, -0.05) is 36.4 Å². The predicted molar refractivity (Wildman–Crippen MR) is 99.3 cm³/mol. The van der Waals surface area contributed by atoms with Gasteiger partial charge < -0.3 is 5.11 Å². The first-order valence-corrected chi connectivity index (χ1v) is 8.02. The molecule has 0 radical (unpaired) electrons. The van der Waals surface area contributed by atoms with E-state index in [1.165, 1.54) is 17.7 Å². The molecule has 1 heterocycles. The number of halogens is 2. The van der Waals surface area contributed by atoms with Crippen LogP contribution in [0.2, 0.25) is 0 Å². The van der Waals surface area contributed by atoms with Gasteiger partial charge in [0.15, 0.2) is 0 Å². The Morgan fingerprint density at radius 2 is 1.92 bits per heavy atom. The van der Waals surface area contributed by atoms with E-state index in [1.807, 2.05) is 25.1 Å². The van der Waals surface area contributed by atoms with Crippen LogP contribution in [0.4, 0.5) is 4.39 Å². The summed E-state index contributed by atoms with van der Waals surface area (Å²) in [7, 11) is 0. The number of hydrogen-bond acceptors (Lipinski definition) is 2. The smallest absolute Gasteiger partial charge is 0.331 e. The number of carboxylic acid groups (broad SMARTS) is 1. The van der Waals surface area contributed by atoms with Crippen LogP contribution in [0.5, 0.6) is 0 Å². The molecule has 0 amide bonds. The quantitative estimate of drug-likeness (QED) is 0.882. The molecule has 0 bridgehead atoms. The Morgan fingerprint density at radius 1 is 1.20 bits per heavy atom. The molecule has 1 N–H and O–H groups in total. The summed E-state index contributed by atoms with van der Waals surface area (Å²) in [6.45, 7) is 3.86. The average Bonchev–Trinajstić information content (AvgIpc) is 2.55. The second-order valence-electron chi connectivity index (χ2n) is 6.17. The lowest BCUT2D eigenvalue weighted by Gasteiger charge is -2.30. The highest BCUT2D eigenvalue weighted by Gasteiger charge is 2.25. The summed E-state index contributed by atoms with van der Waals surface area (Å²) in [5.41, 5.74) is 4.03. The number of aryl methyl sites for hydroxylation is 1. The third kappa shape index (κ3) is 4.47. The van der Waals surface area contributed by atoms with E-state index in [0.717, 1.165) is 23.2 Å². The lowest BCUT2D eigenvalue weighted by Crippen LogP contribution is -2.32. The van der Waals surface area contributed by atoms with Gasteiger partial charge in [-0.15, -0.1) is 12.4 Å². The lowest BCUT2D eigenvalue weighted by atomic mass is 9.91. The largest absolute Gasteiger partial charge is 0.478 e. The summed E-state index contributed by atoms with van der Waals surface area (Å²) >= 11 is 0. The Kier molecular flexibility index (Phi) is 6.34. The SMILES string of the molecule is Cc1cc(F)ccc1C1=C(C(=O)O)CCN(Cc2ccccc2)C1.Cl. The van der Waals surface area contributed by atoms with Crippen molar-refractivity contribution >= 4 is 23.9 Å². The van der Waals surface area contributed by atoms with Crippen molar-refractivity contribution in [1.29, 1.82) is 0 Å². The van der Waals surface area contributed by atoms with E-state index in [-0.39, 0.29) is 18.2 Å². The van der Waals surface area contributed by atoms with Crippen molar-refractivity contribution in [2.24, 2.45) is 0 Å². The van der Waals surface area contributed by atoms with Gasteiger partial charge in [0.2, 0.25) is 0 Å². The highest BCUT2D eigenvalue weighted by Crippen LogP contribution is 2.30. The van der Waals surface area contributed by atoms with Crippen LogP contribution in [0.1, 0.15) is 23.1 Å². The van der Waals surface area contributed by atoms with Gasteiger partial charge in [0.25, 0.3) is 0 Å². The molecule has 0 aliphatic carbocycles. The van der Waals surface area contributed by atoms with E-state index in [2.05, 4.69) is 17.0 Å². The fourth-order valence-electron chi connectivity index (χ4n) is 3.24. The molecule has 0 fully saturated rings. The van der Waals surface area contributed by atoms with Gasteiger partial charge in [-0.2, -0.15) is 0 Å². The topological polar surface area (TPSA) is 40.5 Å². The van der Waals surface area contributed by atoms with Crippen LogP contribution < -0.4 is 0 Å². The molecule has 2 aromatic carbocycles. The molecule has 0 spiro atoms. The Hall–Kier alpha value is -2.17. The van der Waals surface area contributed by atoms with E-state index in [9.17, 15) is 14.3 Å². The third-order valence-corrected chi connectivity index (χ3v) is 4.44. The van der Waals surface area contributed by atoms with Gasteiger partial charge in [-0.3, -0.25) is 4.90 Å². The summed E-state index contributed by atoms with van der Waals surface area (Å²) in [5.74, 6) is -1.18.